The molecule has 5 aromatic carbocycles. The van der Waals surface area contributed by atoms with Gasteiger partial charge in [0.05, 0.1) is 12.3 Å². The lowest BCUT2D eigenvalue weighted by atomic mass is 10.1. The summed E-state index contributed by atoms with van der Waals surface area (Å²) in [6, 6.07) is 33.8. The van der Waals surface area contributed by atoms with E-state index in [9.17, 15) is 4.79 Å². The van der Waals surface area contributed by atoms with E-state index in [-0.39, 0.29) is 12.5 Å². The van der Waals surface area contributed by atoms with Gasteiger partial charge in [0.2, 0.25) is 0 Å². The van der Waals surface area contributed by atoms with Crippen molar-refractivity contribution in [3.8, 4) is 23.0 Å². The zero-order chi connectivity index (χ0) is 26.3. The van der Waals surface area contributed by atoms with E-state index in [1.165, 1.54) is 0 Å². The van der Waals surface area contributed by atoms with Crippen LogP contribution in [0.15, 0.2) is 109 Å². The number of anilines is 1. The van der Waals surface area contributed by atoms with Crippen LogP contribution in [-0.4, -0.2) is 12.5 Å². The molecule has 38 heavy (non-hydrogen) atoms. The van der Waals surface area contributed by atoms with Gasteiger partial charge in [-0.05, 0) is 66.9 Å². The Labute approximate surface area is 226 Å². The predicted molar refractivity (Wildman–Crippen MR) is 152 cm³/mol. The average molecular weight is 524 g/mol. The minimum Gasteiger partial charge on any atom is -0.493 e. The first-order valence-corrected chi connectivity index (χ1v) is 12.7. The number of halogens is 1. The highest BCUT2D eigenvalue weighted by atomic mass is 35.5. The SMILES string of the molecule is CCOc1ccc(C(=O)Nc2cc(Cl)ccc2Oc2ccccc2)cc1COc1cccc2ccccc12. The Bertz CT molecular complexity index is 1560. The van der Waals surface area contributed by atoms with E-state index < -0.39 is 0 Å². The zero-order valence-electron chi connectivity index (χ0n) is 20.8. The van der Waals surface area contributed by atoms with Crippen molar-refractivity contribution in [2.45, 2.75) is 13.5 Å². The zero-order valence-corrected chi connectivity index (χ0v) is 21.6. The number of benzene rings is 5. The molecule has 5 nitrogen and oxygen atoms in total. The summed E-state index contributed by atoms with van der Waals surface area (Å²) in [5.74, 6) is 2.26. The van der Waals surface area contributed by atoms with Gasteiger partial charge in [-0.25, -0.2) is 0 Å². The van der Waals surface area contributed by atoms with Crippen molar-refractivity contribution in [1.29, 1.82) is 0 Å². The molecule has 0 fully saturated rings. The summed E-state index contributed by atoms with van der Waals surface area (Å²) < 4.78 is 18.0. The van der Waals surface area contributed by atoms with Crippen LogP contribution in [0, 0.1) is 0 Å². The van der Waals surface area contributed by atoms with Crippen LogP contribution in [0.5, 0.6) is 23.0 Å². The van der Waals surface area contributed by atoms with E-state index >= 15 is 0 Å². The first-order valence-electron chi connectivity index (χ1n) is 12.3. The molecule has 0 spiro atoms. The lowest BCUT2D eigenvalue weighted by Gasteiger charge is -2.15. The molecule has 0 unspecified atom stereocenters. The Kier molecular flexibility index (Phi) is 7.76. The molecular weight excluding hydrogens is 498 g/mol. The molecule has 0 radical (unpaired) electrons. The second-order valence-corrected chi connectivity index (χ2v) is 8.97. The molecule has 0 saturated carbocycles. The molecule has 1 amide bonds. The summed E-state index contributed by atoms with van der Waals surface area (Å²) in [6.07, 6.45) is 0. The predicted octanol–water partition coefficient (Wildman–Crippen LogP) is 8.52. The van der Waals surface area contributed by atoms with E-state index in [4.69, 9.17) is 25.8 Å². The summed E-state index contributed by atoms with van der Waals surface area (Å²) >= 11 is 6.23. The Morgan fingerprint density at radius 1 is 0.763 bits per heavy atom. The lowest BCUT2D eigenvalue weighted by Crippen LogP contribution is -2.13. The third-order valence-electron chi connectivity index (χ3n) is 5.92. The minimum absolute atomic E-state index is 0.240. The number of rotatable bonds is 9. The summed E-state index contributed by atoms with van der Waals surface area (Å²) in [4.78, 5) is 13.3. The molecule has 0 aromatic heterocycles. The van der Waals surface area contributed by atoms with Crippen LogP contribution in [0.1, 0.15) is 22.8 Å². The van der Waals surface area contributed by atoms with Gasteiger partial charge in [0, 0.05) is 21.5 Å². The van der Waals surface area contributed by atoms with Crippen molar-refractivity contribution in [1.82, 2.24) is 0 Å². The lowest BCUT2D eigenvalue weighted by molar-refractivity contribution is 0.102. The molecule has 0 aliphatic carbocycles. The smallest absolute Gasteiger partial charge is 0.255 e. The number of nitrogens with one attached hydrogen (secondary N) is 1. The largest absolute Gasteiger partial charge is 0.493 e. The average Bonchev–Trinajstić information content (AvgIpc) is 2.94. The van der Waals surface area contributed by atoms with Gasteiger partial charge >= 0.3 is 0 Å². The Morgan fingerprint density at radius 3 is 2.37 bits per heavy atom. The van der Waals surface area contributed by atoms with Crippen molar-refractivity contribution in [3.05, 3.63) is 125 Å². The number of amides is 1. The Hall–Kier alpha value is -4.48. The van der Waals surface area contributed by atoms with Crippen LogP contribution in [0.25, 0.3) is 10.8 Å². The number of hydrogen-bond acceptors (Lipinski definition) is 4. The van der Waals surface area contributed by atoms with Gasteiger partial charge < -0.3 is 19.5 Å². The maximum Gasteiger partial charge on any atom is 0.255 e. The van der Waals surface area contributed by atoms with E-state index in [0.29, 0.717) is 40.1 Å². The molecule has 190 valence electrons. The maximum absolute atomic E-state index is 13.3. The fourth-order valence-electron chi connectivity index (χ4n) is 4.11. The van der Waals surface area contributed by atoms with Crippen molar-refractivity contribution in [2.75, 3.05) is 11.9 Å². The van der Waals surface area contributed by atoms with Crippen LogP contribution in [0.4, 0.5) is 5.69 Å². The molecule has 1 N–H and O–H groups in total. The van der Waals surface area contributed by atoms with Gasteiger partial charge in [-0.3, -0.25) is 4.79 Å². The van der Waals surface area contributed by atoms with Crippen molar-refractivity contribution < 1.29 is 19.0 Å². The Balaban J connectivity index is 1.38. The molecule has 5 rings (SSSR count). The molecule has 0 heterocycles. The molecule has 0 aliphatic rings. The number of fused-ring (bicyclic) bond motifs is 1. The van der Waals surface area contributed by atoms with Gasteiger partial charge in [-0.15, -0.1) is 0 Å². The fraction of sp³-hybridized carbons (Fsp3) is 0.0938. The highest BCUT2D eigenvalue weighted by Crippen LogP contribution is 2.33. The molecule has 0 bridgehead atoms. The Morgan fingerprint density at radius 2 is 1.53 bits per heavy atom. The number of hydrogen-bond donors (Lipinski definition) is 1. The number of carbonyl (C=O) groups excluding carboxylic acids is 1. The van der Waals surface area contributed by atoms with E-state index in [1.807, 2.05) is 79.7 Å². The molecule has 6 heteroatoms. The number of carbonyl (C=O) groups is 1. The summed E-state index contributed by atoms with van der Waals surface area (Å²) in [7, 11) is 0. The van der Waals surface area contributed by atoms with Crippen LogP contribution >= 0.6 is 11.6 Å². The van der Waals surface area contributed by atoms with Crippen molar-refractivity contribution >= 4 is 34.0 Å². The van der Waals surface area contributed by atoms with Crippen LogP contribution in [-0.2, 0) is 6.61 Å². The quantitative estimate of drug-likeness (QED) is 0.210. The topological polar surface area (TPSA) is 56.8 Å². The normalized spacial score (nSPS) is 10.7. The minimum atomic E-state index is -0.306. The first kappa shape index (κ1) is 25.2. The number of para-hydroxylation sites is 1. The summed E-state index contributed by atoms with van der Waals surface area (Å²) in [5.41, 5.74) is 1.68. The van der Waals surface area contributed by atoms with Crippen molar-refractivity contribution in [2.24, 2.45) is 0 Å². The monoisotopic (exact) mass is 523 g/mol. The summed E-state index contributed by atoms with van der Waals surface area (Å²) in [5, 5.41) is 5.54. The third kappa shape index (κ3) is 5.90. The maximum atomic E-state index is 13.3. The highest BCUT2D eigenvalue weighted by Gasteiger charge is 2.15. The fourth-order valence-corrected chi connectivity index (χ4v) is 4.28. The highest BCUT2D eigenvalue weighted by molar-refractivity contribution is 6.31. The second-order valence-electron chi connectivity index (χ2n) is 8.53. The van der Waals surface area contributed by atoms with Gasteiger partial charge in [-0.1, -0.05) is 66.2 Å². The van der Waals surface area contributed by atoms with E-state index in [2.05, 4.69) is 5.32 Å². The van der Waals surface area contributed by atoms with Crippen molar-refractivity contribution in [3.63, 3.8) is 0 Å². The third-order valence-corrected chi connectivity index (χ3v) is 6.15. The van der Waals surface area contributed by atoms with Crippen LogP contribution < -0.4 is 19.5 Å². The van der Waals surface area contributed by atoms with Gasteiger partial charge in [0.25, 0.3) is 5.91 Å². The van der Waals surface area contributed by atoms with E-state index in [0.717, 1.165) is 22.1 Å². The molecule has 0 saturated heterocycles. The summed E-state index contributed by atoms with van der Waals surface area (Å²) in [6.45, 7) is 2.66. The molecule has 5 aromatic rings. The molecule has 0 atom stereocenters. The van der Waals surface area contributed by atoms with Crippen LogP contribution in [0.3, 0.4) is 0 Å². The van der Waals surface area contributed by atoms with Gasteiger partial charge in [-0.2, -0.15) is 0 Å². The standard InChI is InChI=1S/C32H26ClNO4/c1-2-36-29-17-15-23(19-24(29)21-37-30-14-8-10-22-9-6-7-13-27(22)30)32(35)34-28-20-25(33)16-18-31(28)38-26-11-4-3-5-12-26/h3-20H,2,21H2,1H3,(H,34,35). The van der Waals surface area contributed by atoms with Gasteiger partial charge in [0.1, 0.15) is 23.9 Å². The molecule has 0 aliphatic heterocycles. The molecular formula is C32H26ClNO4. The second kappa shape index (κ2) is 11.7. The first-order chi connectivity index (χ1) is 18.6. The number of ether oxygens (including phenoxy) is 3. The van der Waals surface area contributed by atoms with E-state index in [1.54, 1.807) is 36.4 Å². The van der Waals surface area contributed by atoms with Gasteiger partial charge in [0.15, 0.2) is 5.75 Å². The van der Waals surface area contributed by atoms with Crippen LogP contribution in [0.2, 0.25) is 5.02 Å².